The van der Waals surface area contributed by atoms with Gasteiger partial charge in [0.25, 0.3) is 0 Å². The fraction of sp³-hybridized carbons (Fsp3) is 0.0588. The Morgan fingerprint density at radius 1 is 1.00 bits per heavy atom. The molecule has 1 heterocycles. The fourth-order valence-corrected chi connectivity index (χ4v) is 2.39. The highest BCUT2D eigenvalue weighted by Gasteiger charge is 2.23. The Bertz CT molecular complexity index is 1060. The lowest BCUT2D eigenvalue weighted by Gasteiger charge is -2.11. The molecule has 2 aromatic carbocycles. The van der Waals surface area contributed by atoms with E-state index < -0.39 is 28.6 Å². The highest BCUT2D eigenvalue weighted by atomic mass is 16.5. The van der Waals surface area contributed by atoms with Crippen LogP contribution in [0.2, 0.25) is 0 Å². The molecule has 1 aromatic heterocycles. The van der Waals surface area contributed by atoms with Gasteiger partial charge < -0.3 is 29.6 Å². The number of hydrogen-bond donors (Lipinski definition) is 4. The summed E-state index contributed by atoms with van der Waals surface area (Å²) in [6, 6.07) is 5.53. The topological polar surface area (TPSA) is 137 Å². The Morgan fingerprint density at radius 3 is 2.32 bits per heavy atom. The lowest BCUT2D eigenvalue weighted by molar-refractivity contribution is -0.132. The molecule has 25 heavy (non-hydrogen) atoms. The average Bonchev–Trinajstić information content (AvgIpc) is 2.49. The average molecular weight is 344 g/mol. The second kappa shape index (κ2) is 5.75. The number of carbonyl (C=O) groups excluding carboxylic acids is 1. The van der Waals surface area contributed by atoms with Crippen LogP contribution in [0.25, 0.3) is 22.3 Å². The van der Waals surface area contributed by atoms with Crippen molar-refractivity contribution in [1.82, 2.24) is 0 Å². The summed E-state index contributed by atoms with van der Waals surface area (Å²) in [5, 5.41) is 38.6. The third-order valence-electron chi connectivity index (χ3n) is 3.39. The van der Waals surface area contributed by atoms with Crippen LogP contribution in [0.3, 0.4) is 0 Å². The lowest BCUT2D eigenvalue weighted by atomic mass is 10.1. The van der Waals surface area contributed by atoms with Gasteiger partial charge in [-0.15, -0.1) is 0 Å². The van der Waals surface area contributed by atoms with E-state index in [0.717, 1.165) is 25.1 Å². The number of phenols is 4. The Labute approximate surface area is 139 Å². The van der Waals surface area contributed by atoms with E-state index in [1.54, 1.807) is 0 Å². The van der Waals surface area contributed by atoms with Crippen LogP contribution >= 0.6 is 0 Å². The predicted molar refractivity (Wildman–Crippen MR) is 85.9 cm³/mol. The second-order valence-corrected chi connectivity index (χ2v) is 5.22. The van der Waals surface area contributed by atoms with Crippen LogP contribution in [0.1, 0.15) is 6.92 Å². The maximum atomic E-state index is 12.7. The maximum absolute atomic E-state index is 12.7. The van der Waals surface area contributed by atoms with Crippen molar-refractivity contribution in [2.75, 3.05) is 0 Å². The van der Waals surface area contributed by atoms with Crippen molar-refractivity contribution in [2.45, 2.75) is 6.92 Å². The van der Waals surface area contributed by atoms with Crippen molar-refractivity contribution in [2.24, 2.45) is 0 Å². The van der Waals surface area contributed by atoms with Gasteiger partial charge in [-0.3, -0.25) is 9.59 Å². The minimum absolute atomic E-state index is 0.0316. The van der Waals surface area contributed by atoms with Gasteiger partial charge >= 0.3 is 5.97 Å². The molecule has 0 aliphatic rings. The van der Waals surface area contributed by atoms with Crippen molar-refractivity contribution >= 4 is 16.9 Å². The molecule has 4 N–H and O–H groups in total. The highest BCUT2D eigenvalue weighted by Crippen LogP contribution is 2.39. The number of phenolic OH excluding ortho intramolecular Hbond substituents is 4. The minimum Gasteiger partial charge on any atom is -0.508 e. The van der Waals surface area contributed by atoms with Gasteiger partial charge in [0.05, 0.1) is 5.56 Å². The first-order valence-electron chi connectivity index (χ1n) is 7.01. The molecule has 0 saturated carbocycles. The number of ether oxygens (including phenoxy) is 1. The molecule has 0 aliphatic carbocycles. The first-order valence-corrected chi connectivity index (χ1v) is 7.01. The van der Waals surface area contributed by atoms with Crippen molar-refractivity contribution in [1.29, 1.82) is 0 Å². The maximum Gasteiger partial charge on any atom is 0.308 e. The number of fused-ring (bicyclic) bond motifs is 1. The molecule has 3 rings (SSSR count). The summed E-state index contributed by atoms with van der Waals surface area (Å²) >= 11 is 0. The summed E-state index contributed by atoms with van der Waals surface area (Å²) < 4.78 is 10.4. The van der Waals surface area contributed by atoms with Gasteiger partial charge in [0.1, 0.15) is 34.0 Å². The van der Waals surface area contributed by atoms with E-state index in [1.165, 1.54) is 12.1 Å². The van der Waals surface area contributed by atoms with Crippen LogP contribution < -0.4 is 10.2 Å². The second-order valence-electron chi connectivity index (χ2n) is 5.22. The standard InChI is InChI=1S/C17H12O8/c1-7(18)24-17-15(23)14-12(22)5-9(20)6-13(14)25-16(17)10-3-2-8(19)4-11(10)21/h2-6,19-22H,1H3. The van der Waals surface area contributed by atoms with Crippen molar-refractivity contribution in [3.05, 3.63) is 40.6 Å². The molecule has 8 nitrogen and oxygen atoms in total. The molecule has 0 unspecified atom stereocenters. The molecule has 0 saturated heterocycles. The quantitative estimate of drug-likeness (QED) is 0.519. The van der Waals surface area contributed by atoms with Gasteiger partial charge in [-0.25, -0.2) is 0 Å². The molecule has 0 spiro atoms. The number of hydrogen-bond acceptors (Lipinski definition) is 8. The van der Waals surface area contributed by atoms with Crippen LogP contribution in [0.5, 0.6) is 28.7 Å². The fourth-order valence-electron chi connectivity index (χ4n) is 2.39. The third kappa shape index (κ3) is 2.80. The van der Waals surface area contributed by atoms with E-state index in [2.05, 4.69) is 0 Å². The molecule has 128 valence electrons. The van der Waals surface area contributed by atoms with Gasteiger partial charge in [0, 0.05) is 25.1 Å². The van der Waals surface area contributed by atoms with E-state index >= 15 is 0 Å². The van der Waals surface area contributed by atoms with E-state index in [4.69, 9.17) is 9.15 Å². The lowest BCUT2D eigenvalue weighted by Crippen LogP contribution is -2.13. The molecule has 0 bridgehead atoms. The van der Waals surface area contributed by atoms with E-state index in [9.17, 15) is 30.0 Å². The summed E-state index contributed by atoms with van der Waals surface area (Å²) in [6.45, 7) is 1.07. The van der Waals surface area contributed by atoms with Crippen LogP contribution in [0.4, 0.5) is 0 Å². The molecule has 0 amide bonds. The Hall–Kier alpha value is -3.68. The van der Waals surface area contributed by atoms with E-state index in [-0.39, 0.29) is 33.8 Å². The number of esters is 1. The van der Waals surface area contributed by atoms with Crippen molar-refractivity contribution in [3.8, 4) is 40.1 Å². The summed E-state index contributed by atoms with van der Waals surface area (Å²) in [7, 11) is 0. The largest absolute Gasteiger partial charge is 0.508 e. The first-order chi connectivity index (χ1) is 11.8. The van der Waals surface area contributed by atoms with Crippen molar-refractivity contribution < 1.29 is 34.4 Å². The van der Waals surface area contributed by atoms with E-state index in [1.807, 2.05) is 0 Å². The summed E-state index contributed by atoms with van der Waals surface area (Å²) in [6.07, 6.45) is 0. The van der Waals surface area contributed by atoms with Gasteiger partial charge in [0.15, 0.2) is 5.76 Å². The minimum atomic E-state index is -0.864. The van der Waals surface area contributed by atoms with Gasteiger partial charge in [-0.1, -0.05) is 0 Å². The molecule has 0 radical (unpaired) electrons. The number of carbonyl (C=O) groups is 1. The zero-order chi connectivity index (χ0) is 18.3. The molecule has 0 aliphatic heterocycles. The molecular formula is C17H12O8. The van der Waals surface area contributed by atoms with Gasteiger partial charge in [-0.05, 0) is 12.1 Å². The van der Waals surface area contributed by atoms with Crippen LogP contribution in [-0.2, 0) is 4.79 Å². The molecule has 3 aromatic rings. The van der Waals surface area contributed by atoms with Crippen LogP contribution in [0.15, 0.2) is 39.5 Å². The molecule has 8 heteroatoms. The monoisotopic (exact) mass is 344 g/mol. The molecule has 0 fully saturated rings. The first kappa shape index (κ1) is 16.2. The zero-order valence-electron chi connectivity index (χ0n) is 12.8. The number of aromatic hydroxyl groups is 4. The zero-order valence-corrected chi connectivity index (χ0v) is 12.8. The number of rotatable bonds is 2. The van der Waals surface area contributed by atoms with Crippen LogP contribution in [0, 0.1) is 0 Å². The normalized spacial score (nSPS) is 10.8. The Balaban J connectivity index is 2.44. The summed E-state index contributed by atoms with van der Waals surface area (Å²) in [4.78, 5) is 24.0. The molecular weight excluding hydrogens is 332 g/mol. The summed E-state index contributed by atoms with van der Waals surface area (Å²) in [5.74, 6) is -3.22. The Morgan fingerprint density at radius 2 is 1.68 bits per heavy atom. The number of benzene rings is 2. The van der Waals surface area contributed by atoms with Crippen LogP contribution in [-0.4, -0.2) is 26.4 Å². The molecule has 0 atom stereocenters. The van der Waals surface area contributed by atoms with E-state index in [0.29, 0.717) is 0 Å². The summed E-state index contributed by atoms with van der Waals surface area (Å²) in [5.41, 5.74) is -1.08. The Kier molecular flexibility index (Phi) is 3.72. The van der Waals surface area contributed by atoms with Crippen molar-refractivity contribution in [3.63, 3.8) is 0 Å². The SMILES string of the molecule is CC(=O)Oc1c(-c2ccc(O)cc2O)oc2cc(O)cc(O)c2c1=O. The third-order valence-corrected chi connectivity index (χ3v) is 3.39. The smallest absolute Gasteiger partial charge is 0.308 e. The van der Waals surface area contributed by atoms with Gasteiger partial charge in [-0.2, -0.15) is 0 Å². The van der Waals surface area contributed by atoms with Gasteiger partial charge in [0.2, 0.25) is 11.2 Å². The predicted octanol–water partition coefficient (Wildman–Crippen LogP) is 2.21. The highest BCUT2D eigenvalue weighted by molar-refractivity contribution is 5.89.